The summed E-state index contributed by atoms with van der Waals surface area (Å²) >= 11 is 1.30. The van der Waals surface area contributed by atoms with Gasteiger partial charge in [0.2, 0.25) is 5.78 Å². The van der Waals surface area contributed by atoms with Crippen LogP contribution in [0.2, 0.25) is 0 Å². The predicted molar refractivity (Wildman–Crippen MR) is 101 cm³/mol. The molecule has 0 radical (unpaired) electrons. The number of carbonyl (C=O) groups excluding carboxylic acids is 2. The van der Waals surface area contributed by atoms with E-state index in [2.05, 4.69) is 4.98 Å². The molecule has 130 valence electrons. The fourth-order valence-electron chi connectivity index (χ4n) is 2.92. The number of carbonyl (C=O) groups is 2. The van der Waals surface area contributed by atoms with Gasteiger partial charge in [0.15, 0.2) is 6.10 Å². The maximum absolute atomic E-state index is 12.7. The number of H-pyrrole nitrogens is 1. The summed E-state index contributed by atoms with van der Waals surface area (Å²) in [6, 6.07) is 13.2. The van der Waals surface area contributed by atoms with Gasteiger partial charge in [-0.3, -0.25) is 4.79 Å². The van der Waals surface area contributed by atoms with E-state index in [1.807, 2.05) is 64.8 Å². The van der Waals surface area contributed by atoms with E-state index in [9.17, 15) is 9.59 Å². The molecule has 0 aliphatic rings. The number of aromatic amines is 1. The smallest absolute Gasteiger partial charge is 0.351 e. The number of benzene rings is 1. The van der Waals surface area contributed by atoms with E-state index < -0.39 is 12.1 Å². The summed E-state index contributed by atoms with van der Waals surface area (Å²) in [4.78, 5) is 28.9. The molecule has 6 heteroatoms. The Labute approximate surface area is 153 Å². The summed E-state index contributed by atoms with van der Waals surface area (Å²) in [5.74, 6) is -0.723. The number of Topliss-reactive ketones (excluding diaryl/α,β-unsaturated/α-hetero) is 1. The van der Waals surface area contributed by atoms with Gasteiger partial charge in [-0.05, 0) is 36.6 Å². The number of thiophene rings is 1. The fraction of sp³-hybridized carbons (Fsp3) is 0.100. The van der Waals surface area contributed by atoms with Crippen LogP contribution in [0.25, 0.3) is 16.6 Å². The number of para-hydroxylation sites is 1. The minimum absolute atomic E-state index is 0.227. The summed E-state index contributed by atoms with van der Waals surface area (Å²) in [6.07, 6.45) is 4.51. The standard InChI is InChI=1S/C20H16N2O3S/c1-13(18(23)15-12-21-16-7-3-2-6-14(15)16)25-20(24)19-17(8-11-26-19)22-9-4-5-10-22/h2-13,21H,1H3/t13-/m0/s1. The van der Waals surface area contributed by atoms with Crippen LogP contribution in [0.3, 0.4) is 0 Å². The molecule has 26 heavy (non-hydrogen) atoms. The van der Waals surface area contributed by atoms with Gasteiger partial charge in [0, 0.05) is 35.1 Å². The van der Waals surface area contributed by atoms with Crippen molar-refractivity contribution < 1.29 is 14.3 Å². The topological polar surface area (TPSA) is 64.1 Å². The molecule has 0 amide bonds. The Kier molecular flexibility index (Phi) is 4.18. The molecule has 1 atom stereocenters. The van der Waals surface area contributed by atoms with Gasteiger partial charge in [0.1, 0.15) is 4.88 Å². The third-order valence-corrected chi connectivity index (χ3v) is 5.10. The van der Waals surface area contributed by atoms with E-state index in [1.54, 1.807) is 13.1 Å². The Morgan fingerprint density at radius 3 is 2.69 bits per heavy atom. The summed E-state index contributed by atoms with van der Waals surface area (Å²) in [5.41, 5.74) is 2.15. The molecule has 0 fully saturated rings. The highest BCUT2D eigenvalue weighted by Gasteiger charge is 2.25. The van der Waals surface area contributed by atoms with Crippen molar-refractivity contribution in [3.63, 3.8) is 0 Å². The van der Waals surface area contributed by atoms with Gasteiger partial charge in [-0.1, -0.05) is 18.2 Å². The summed E-state index contributed by atoms with van der Waals surface area (Å²) in [7, 11) is 0. The monoisotopic (exact) mass is 364 g/mol. The normalized spacial score (nSPS) is 12.2. The van der Waals surface area contributed by atoms with Crippen LogP contribution in [-0.4, -0.2) is 27.4 Å². The molecule has 0 unspecified atom stereocenters. The van der Waals surface area contributed by atoms with Gasteiger partial charge in [-0.2, -0.15) is 0 Å². The van der Waals surface area contributed by atoms with Crippen molar-refractivity contribution in [2.75, 3.05) is 0 Å². The lowest BCUT2D eigenvalue weighted by atomic mass is 10.1. The molecule has 0 aliphatic carbocycles. The third kappa shape index (κ3) is 2.84. The van der Waals surface area contributed by atoms with Gasteiger partial charge in [-0.15, -0.1) is 11.3 Å². The van der Waals surface area contributed by atoms with Gasteiger partial charge < -0.3 is 14.3 Å². The Morgan fingerprint density at radius 2 is 1.88 bits per heavy atom. The maximum Gasteiger partial charge on any atom is 0.351 e. The predicted octanol–water partition coefficient (Wildman–Crippen LogP) is 4.45. The van der Waals surface area contributed by atoms with E-state index in [1.165, 1.54) is 11.3 Å². The first-order valence-corrected chi connectivity index (χ1v) is 9.05. The second kappa shape index (κ2) is 6.65. The van der Waals surface area contributed by atoms with Crippen molar-refractivity contribution in [3.8, 4) is 5.69 Å². The van der Waals surface area contributed by atoms with Gasteiger partial charge >= 0.3 is 5.97 Å². The lowest BCUT2D eigenvalue weighted by Crippen LogP contribution is -2.24. The Morgan fingerprint density at radius 1 is 1.12 bits per heavy atom. The zero-order valence-corrected chi connectivity index (χ0v) is 14.8. The highest BCUT2D eigenvalue weighted by atomic mass is 32.1. The average molecular weight is 364 g/mol. The number of aromatic nitrogens is 2. The molecule has 3 heterocycles. The fourth-order valence-corrected chi connectivity index (χ4v) is 3.69. The molecule has 0 spiro atoms. The van der Waals surface area contributed by atoms with Crippen molar-refractivity contribution in [1.82, 2.24) is 9.55 Å². The van der Waals surface area contributed by atoms with Crippen LogP contribution >= 0.6 is 11.3 Å². The number of rotatable bonds is 5. The van der Waals surface area contributed by atoms with Crippen LogP contribution in [0.15, 0.2) is 66.4 Å². The number of nitrogens with zero attached hydrogens (tertiary/aromatic N) is 1. The number of ether oxygens (including phenoxy) is 1. The minimum atomic E-state index is -0.874. The maximum atomic E-state index is 12.7. The number of esters is 1. The number of fused-ring (bicyclic) bond motifs is 1. The molecule has 0 aliphatic heterocycles. The minimum Gasteiger partial charge on any atom is -0.450 e. The number of hydrogen-bond donors (Lipinski definition) is 1. The Bertz CT molecular complexity index is 1080. The van der Waals surface area contributed by atoms with Gasteiger partial charge in [0.25, 0.3) is 0 Å². The molecule has 1 aromatic carbocycles. The summed E-state index contributed by atoms with van der Waals surface area (Å²) in [5, 5.41) is 2.66. The third-order valence-electron chi connectivity index (χ3n) is 4.22. The van der Waals surface area contributed by atoms with Crippen LogP contribution in [0.1, 0.15) is 27.0 Å². The quantitative estimate of drug-likeness (QED) is 0.420. The van der Waals surface area contributed by atoms with E-state index in [-0.39, 0.29) is 5.78 Å². The average Bonchev–Trinajstić information content (AvgIpc) is 3.39. The Hall–Kier alpha value is -3.12. The van der Waals surface area contributed by atoms with Crippen LogP contribution in [0.4, 0.5) is 0 Å². The van der Waals surface area contributed by atoms with Crippen LogP contribution in [0.5, 0.6) is 0 Å². The SMILES string of the molecule is C[C@H](OC(=O)c1sccc1-n1cccc1)C(=O)c1c[nH]c2ccccc12. The Balaban J connectivity index is 1.55. The first kappa shape index (κ1) is 16.4. The molecule has 3 aromatic heterocycles. The van der Waals surface area contributed by atoms with Crippen molar-refractivity contribution in [1.29, 1.82) is 0 Å². The van der Waals surface area contributed by atoms with E-state index in [0.29, 0.717) is 10.4 Å². The lowest BCUT2D eigenvalue weighted by Gasteiger charge is -2.12. The van der Waals surface area contributed by atoms with E-state index in [4.69, 9.17) is 4.74 Å². The second-order valence-electron chi connectivity index (χ2n) is 5.88. The zero-order valence-electron chi connectivity index (χ0n) is 14.0. The first-order chi connectivity index (χ1) is 12.6. The first-order valence-electron chi connectivity index (χ1n) is 8.17. The zero-order chi connectivity index (χ0) is 18.1. The van der Waals surface area contributed by atoms with Crippen LogP contribution in [-0.2, 0) is 4.74 Å². The van der Waals surface area contributed by atoms with Gasteiger partial charge in [-0.25, -0.2) is 4.79 Å². The van der Waals surface area contributed by atoms with E-state index in [0.717, 1.165) is 16.6 Å². The van der Waals surface area contributed by atoms with Crippen LogP contribution < -0.4 is 0 Å². The molecule has 5 nitrogen and oxygen atoms in total. The molecule has 4 aromatic rings. The second-order valence-corrected chi connectivity index (χ2v) is 6.80. The number of hydrogen-bond acceptors (Lipinski definition) is 4. The summed E-state index contributed by atoms with van der Waals surface area (Å²) in [6.45, 7) is 1.60. The molecule has 0 saturated heterocycles. The highest BCUT2D eigenvalue weighted by Crippen LogP contribution is 2.24. The summed E-state index contributed by atoms with van der Waals surface area (Å²) < 4.78 is 7.31. The number of nitrogens with one attached hydrogen (secondary N) is 1. The van der Waals surface area contributed by atoms with E-state index >= 15 is 0 Å². The lowest BCUT2D eigenvalue weighted by molar-refractivity contribution is 0.0324. The molecule has 4 rings (SSSR count). The molecular weight excluding hydrogens is 348 g/mol. The largest absolute Gasteiger partial charge is 0.450 e. The highest BCUT2D eigenvalue weighted by molar-refractivity contribution is 7.12. The van der Waals surface area contributed by atoms with Crippen molar-refractivity contribution in [3.05, 3.63) is 76.9 Å². The molecular formula is C20H16N2O3S. The van der Waals surface area contributed by atoms with Crippen molar-refractivity contribution >= 4 is 34.0 Å². The molecule has 1 N–H and O–H groups in total. The molecule has 0 saturated carbocycles. The van der Waals surface area contributed by atoms with Gasteiger partial charge in [0.05, 0.1) is 5.69 Å². The van der Waals surface area contributed by atoms with Crippen molar-refractivity contribution in [2.45, 2.75) is 13.0 Å². The number of ketones is 1. The molecule has 0 bridgehead atoms. The van der Waals surface area contributed by atoms with Crippen LogP contribution in [0, 0.1) is 0 Å². The van der Waals surface area contributed by atoms with Crippen molar-refractivity contribution in [2.24, 2.45) is 0 Å².